The van der Waals surface area contributed by atoms with Gasteiger partial charge in [0.25, 0.3) is 0 Å². The zero-order valence-electron chi connectivity index (χ0n) is 22.9. The molecule has 1 aromatic carbocycles. The van der Waals surface area contributed by atoms with E-state index in [2.05, 4.69) is 18.2 Å². The van der Waals surface area contributed by atoms with Crippen LogP contribution >= 0.6 is 0 Å². The lowest BCUT2D eigenvalue weighted by Crippen LogP contribution is -2.45. The van der Waals surface area contributed by atoms with Gasteiger partial charge < -0.3 is 27.2 Å². The van der Waals surface area contributed by atoms with Gasteiger partial charge in [-0.3, -0.25) is 0 Å². The van der Waals surface area contributed by atoms with Crippen molar-refractivity contribution in [1.82, 2.24) is 0 Å². The minimum Gasteiger partial charge on any atom is -0.553 e. The van der Waals surface area contributed by atoms with Gasteiger partial charge in [-0.1, -0.05) is 25.0 Å². The molecule has 2 heterocycles. The molecule has 6 unspecified atom stereocenters. The van der Waals surface area contributed by atoms with Gasteiger partial charge in [0.1, 0.15) is 5.75 Å². The third kappa shape index (κ3) is 8.12. The molecule has 0 radical (unpaired) electrons. The van der Waals surface area contributed by atoms with Crippen molar-refractivity contribution in [2.45, 2.75) is 115 Å². The third-order valence-electron chi connectivity index (χ3n) is 8.12. The van der Waals surface area contributed by atoms with Crippen LogP contribution in [0.1, 0.15) is 90.0 Å². The SMILES string of the molecule is CCO[Si](CCCCC1CCC2OC2C1)(OCC)OCC.[SiH3]Oc1cccc(C2CCC3OC3C2)c1. The van der Waals surface area contributed by atoms with Gasteiger partial charge in [0.15, 0.2) is 0 Å². The monoisotopic (exact) mass is 536 g/mol. The molecule has 2 aliphatic carbocycles. The molecule has 0 spiro atoms. The van der Waals surface area contributed by atoms with Gasteiger partial charge in [-0.2, -0.15) is 0 Å². The predicted molar refractivity (Wildman–Crippen MR) is 148 cm³/mol. The second kappa shape index (κ2) is 13.9. The van der Waals surface area contributed by atoms with E-state index in [1.807, 2.05) is 26.8 Å². The molecule has 8 heteroatoms. The van der Waals surface area contributed by atoms with Crippen molar-refractivity contribution in [2.24, 2.45) is 5.92 Å². The highest BCUT2D eigenvalue weighted by Crippen LogP contribution is 2.44. The Kier molecular flexibility index (Phi) is 10.9. The quantitative estimate of drug-likeness (QED) is 0.197. The molecule has 204 valence electrons. The van der Waals surface area contributed by atoms with E-state index in [9.17, 15) is 0 Å². The second-order valence-corrected chi connectivity index (χ2v) is 13.8. The summed E-state index contributed by atoms with van der Waals surface area (Å²) in [6.07, 6.45) is 13.7. The molecule has 0 N–H and O–H groups in total. The van der Waals surface area contributed by atoms with Crippen LogP contribution in [-0.4, -0.2) is 63.5 Å². The van der Waals surface area contributed by atoms with E-state index in [4.69, 9.17) is 27.2 Å². The van der Waals surface area contributed by atoms with Gasteiger partial charge in [-0.05, 0) is 95.2 Å². The fraction of sp³-hybridized carbons (Fsp3) is 0.786. The zero-order chi connectivity index (χ0) is 25.4. The van der Waals surface area contributed by atoms with E-state index >= 15 is 0 Å². The Bertz CT molecular complexity index is 778. The van der Waals surface area contributed by atoms with E-state index in [1.54, 1.807) is 0 Å². The molecule has 6 atom stereocenters. The van der Waals surface area contributed by atoms with Gasteiger partial charge in [0.2, 0.25) is 10.5 Å². The maximum Gasteiger partial charge on any atom is 0.500 e. The first-order valence-corrected chi connectivity index (χ1v) is 17.2. The van der Waals surface area contributed by atoms with Gasteiger partial charge >= 0.3 is 8.80 Å². The number of hydrogen-bond acceptors (Lipinski definition) is 6. The summed E-state index contributed by atoms with van der Waals surface area (Å²) in [5.41, 5.74) is 1.43. The number of fused-ring (bicyclic) bond motifs is 2. The van der Waals surface area contributed by atoms with Crippen LogP contribution in [0.25, 0.3) is 0 Å². The summed E-state index contributed by atoms with van der Waals surface area (Å²) in [4.78, 5) is 0. The van der Waals surface area contributed by atoms with E-state index in [1.165, 1.54) is 56.9 Å². The number of unbranched alkanes of at least 4 members (excludes halogenated alkanes) is 1. The lowest BCUT2D eigenvalue weighted by Gasteiger charge is -2.28. The standard InChI is InChI=1S/C16H32O4Si.C12H16O2Si/c1-4-17-21(18-5-2,19-6-3)12-8-7-9-14-10-11-15-16(13-14)20-15;15-14-10-3-1-2-8(6-10)9-4-5-11-12(7-9)13-11/h14-16H,4-13H2,1-3H3;1-3,6,9,11-12H,4-5,7H2,15H3. The Balaban J connectivity index is 0.000000178. The van der Waals surface area contributed by atoms with Gasteiger partial charge in [-0.15, -0.1) is 0 Å². The molecule has 0 bridgehead atoms. The van der Waals surface area contributed by atoms with Crippen LogP contribution in [0.3, 0.4) is 0 Å². The highest BCUT2D eigenvalue weighted by Gasteiger charge is 2.45. The van der Waals surface area contributed by atoms with Crippen LogP contribution in [0.4, 0.5) is 0 Å². The zero-order valence-corrected chi connectivity index (χ0v) is 25.9. The molecular formula is C28H48O6Si2. The number of ether oxygens (including phenoxy) is 2. The fourth-order valence-corrected chi connectivity index (χ4v) is 9.07. The Labute approximate surface area is 222 Å². The first kappa shape index (κ1) is 28.3. The van der Waals surface area contributed by atoms with Gasteiger partial charge in [0.05, 0.1) is 24.4 Å². The summed E-state index contributed by atoms with van der Waals surface area (Å²) < 4.78 is 34.3. The Hall–Kier alpha value is -0.746. The highest BCUT2D eigenvalue weighted by atomic mass is 28.4. The molecule has 2 aliphatic heterocycles. The normalized spacial score (nSPS) is 30.5. The predicted octanol–water partition coefficient (Wildman–Crippen LogP) is 5.15. The molecule has 1 aromatic rings. The van der Waals surface area contributed by atoms with E-state index in [0.29, 0.717) is 50.2 Å². The van der Waals surface area contributed by atoms with E-state index in [0.717, 1.165) is 34.6 Å². The molecule has 36 heavy (non-hydrogen) atoms. The average molecular weight is 537 g/mol. The number of hydrogen-bond donors (Lipinski definition) is 0. The molecule has 6 nitrogen and oxygen atoms in total. The average Bonchev–Trinajstić information content (AvgIpc) is 3.82. The van der Waals surface area contributed by atoms with Crippen molar-refractivity contribution in [3.8, 4) is 5.75 Å². The van der Waals surface area contributed by atoms with Gasteiger partial charge in [-0.25, -0.2) is 0 Å². The van der Waals surface area contributed by atoms with Crippen molar-refractivity contribution in [3.05, 3.63) is 29.8 Å². The smallest absolute Gasteiger partial charge is 0.500 e. The van der Waals surface area contributed by atoms with Crippen molar-refractivity contribution in [1.29, 1.82) is 0 Å². The van der Waals surface area contributed by atoms with Crippen LogP contribution in [-0.2, 0) is 22.8 Å². The first-order chi connectivity index (χ1) is 17.6. The largest absolute Gasteiger partial charge is 0.553 e. The van der Waals surface area contributed by atoms with Gasteiger partial charge in [0, 0.05) is 25.9 Å². The summed E-state index contributed by atoms with van der Waals surface area (Å²) in [6, 6.07) is 9.51. The van der Waals surface area contributed by atoms with Crippen molar-refractivity contribution in [2.75, 3.05) is 19.8 Å². The minimum absolute atomic E-state index is 0.560. The fourth-order valence-electron chi connectivity index (χ4n) is 6.13. The van der Waals surface area contributed by atoms with Crippen LogP contribution in [0.2, 0.25) is 6.04 Å². The summed E-state index contributed by atoms with van der Waals surface area (Å²) in [5, 5.41) is 0. The number of benzene rings is 1. The third-order valence-corrected chi connectivity index (χ3v) is 11.7. The van der Waals surface area contributed by atoms with Crippen LogP contribution in [0.15, 0.2) is 24.3 Å². The summed E-state index contributed by atoms with van der Waals surface area (Å²) >= 11 is 0. The molecule has 2 saturated heterocycles. The lowest BCUT2D eigenvalue weighted by atomic mass is 9.84. The maximum absolute atomic E-state index is 5.90. The van der Waals surface area contributed by atoms with Crippen molar-refractivity contribution < 1.29 is 27.2 Å². The van der Waals surface area contributed by atoms with Crippen LogP contribution in [0, 0.1) is 5.92 Å². The van der Waals surface area contributed by atoms with E-state index < -0.39 is 8.80 Å². The summed E-state index contributed by atoms with van der Waals surface area (Å²) in [7, 11) is -1.64. The Morgan fingerprint density at radius 3 is 2.11 bits per heavy atom. The number of epoxide rings is 2. The van der Waals surface area contributed by atoms with Crippen LogP contribution < -0.4 is 4.43 Å². The lowest BCUT2D eigenvalue weighted by molar-refractivity contribution is 0.0705. The molecule has 0 aromatic heterocycles. The number of rotatable bonds is 13. The highest BCUT2D eigenvalue weighted by molar-refractivity contribution is 6.60. The molecule has 4 fully saturated rings. The maximum atomic E-state index is 5.90. The second-order valence-electron chi connectivity index (χ2n) is 10.6. The van der Waals surface area contributed by atoms with E-state index in [-0.39, 0.29) is 0 Å². The van der Waals surface area contributed by atoms with Crippen molar-refractivity contribution >= 4 is 19.3 Å². The molecular weight excluding hydrogens is 488 g/mol. The summed E-state index contributed by atoms with van der Waals surface area (Å²) in [5.74, 6) is 2.58. The first-order valence-electron chi connectivity index (χ1n) is 14.5. The van der Waals surface area contributed by atoms with Crippen molar-refractivity contribution in [3.63, 3.8) is 0 Å². The molecule has 2 saturated carbocycles. The topological polar surface area (TPSA) is 62.0 Å². The Morgan fingerprint density at radius 1 is 0.833 bits per heavy atom. The minimum atomic E-state index is -2.41. The molecule has 5 rings (SSSR count). The molecule has 0 amide bonds. The summed E-state index contributed by atoms with van der Waals surface area (Å²) in [6.45, 7) is 8.09. The van der Waals surface area contributed by atoms with Crippen LogP contribution in [0.5, 0.6) is 5.75 Å². The molecule has 4 aliphatic rings. The Morgan fingerprint density at radius 2 is 1.50 bits per heavy atom.